The summed E-state index contributed by atoms with van der Waals surface area (Å²) in [6.45, 7) is 6.43. The van der Waals surface area contributed by atoms with Crippen LogP contribution >= 0.6 is 0 Å². The van der Waals surface area contributed by atoms with Crippen molar-refractivity contribution in [1.29, 1.82) is 0 Å². The monoisotopic (exact) mass is 507 g/mol. The SMILES string of the molecule is CCn1cc(C(=O)NC(C(=O)NCCNC(=O)c2ccncc2)C(C)C)c(=O)c2cc3c(cc21)OCO3. The molecule has 0 saturated carbocycles. The first-order valence-corrected chi connectivity index (χ1v) is 12.0. The van der Waals surface area contributed by atoms with Crippen molar-refractivity contribution in [3.8, 4) is 11.5 Å². The highest BCUT2D eigenvalue weighted by Crippen LogP contribution is 2.35. The molecule has 2 aromatic heterocycles. The Morgan fingerprint density at radius 3 is 2.38 bits per heavy atom. The average molecular weight is 508 g/mol. The molecule has 11 heteroatoms. The van der Waals surface area contributed by atoms with Gasteiger partial charge in [0.05, 0.1) is 10.9 Å². The minimum atomic E-state index is -0.884. The number of carbonyl (C=O) groups is 3. The van der Waals surface area contributed by atoms with Gasteiger partial charge in [0.2, 0.25) is 18.1 Å². The van der Waals surface area contributed by atoms with Gasteiger partial charge < -0.3 is 30.0 Å². The van der Waals surface area contributed by atoms with Crippen molar-refractivity contribution in [3.05, 3.63) is 64.2 Å². The number of ether oxygens (including phenoxy) is 2. The summed E-state index contributed by atoms with van der Waals surface area (Å²) in [5.41, 5.74) is 0.555. The van der Waals surface area contributed by atoms with Crippen LogP contribution in [0.1, 0.15) is 41.5 Å². The lowest BCUT2D eigenvalue weighted by atomic mass is 10.0. The van der Waals surface area contributed by atoms with Gasteiger partial charge in [0.1, 0.15) is 11.6 Å². The maximum atomic E-state index is 13.2. The number of pyridine rings is 2. The van der Waals surface area contributed by atoms with Crippen molar-refractivity contribution in [3.63, 3.8) is 0 Å². The maximum Gasteiger partial charge on any atom is 0.257 e. The summed E-state index contributed by atoms with van der Waals surface area (Å²) < 4.78 is 12.6. The Morgan fingerprint density at radius 2 is 1.70 bits per heavy atom. The lowest BCUT2D eigenvalue weighted by Gasteiger charge is -2.22. The van der Waals surface area contributed by atoms with Crippen molar-refractivity contribution < 1.29 is 23.9 Å². The Balaban J connectivity index is 1.44. The van der Waals surface area contributed by atoms with Crippen LogP contribution in [0.2, 0.25) is 0 Å². The summed E-state index contributed by atoms with van der Waals surface area (Å²) in [6, 6.07) is 5.60. The van der Waals surface area contributed by atoms with Crippen molar-refractivity contribution in [2.24, 2.45) is 5.92 Å². The summed E-state index contributed by atoms with van der Waals surface area (Å²) in [7, 11) is 0. The van der Waals surface area contributed by atoms with Crippen LogP contribution in [0.15, 0.2) is 47.7 Å². The molecular weight excluding hydrogens is 478 g/mol. The van der Waals surface area contributed by atoms with Gasteiger partial charge in [0.25, 0.3) is 11.8 Å². The second-order valence-corrected chi connectivity index (χ2v) is 8.86. The predicted molar refractivity (Wildman–Crippen MR) is 136 cm³/mol. The molecule has 3 heterocycles. The van der Waals surface area contributed by atoms with Crippen molar-refractivity contribution in [1.82, 2.24) is 25.5 Å². The van der Waals surface area contributed by atoms with E-state index < -0.39 is 23.3 Å². The Morgan fingerprint density at radius 1 is 1.03 bits per heavy atom. The largest absolute Gasteiger partial charge is 0.454 e. The molecule has 0 spiro atoms. The molecule has 1 aliphatic rings. The maximum absolute atomic E-state index is 13.2. The number of aryl methyl sites for hydroxylation is 1. The van der Waals surface area contributed by atoms with Crippen molar-refractivity contribution in [2.75, 3.05) is 19.9 Å². The number of amides is 3. The van der Waals surface area contributed by atoms with E-state index in [9.17, 15) is 19.2 Å². The number of nitrogens with zero attached hydrogens (tertiary/aromatic N) is 2. The molecule has 1 atom stereocenters. The summed E-state index contributed by atoms with van der Waals surface area (Å²) in [5.74, 6) is -0.609. The molecule has 194 valence electrons. The van der Waals surface area contributed by atoms with E-state index in [4.69, 9.17) is 9.47 Å². The molecular formula is C26H29N5O6. The molecule has 0 bridgehead atoms. The Hall–Kier alpha value is -4.41. The number of hydrogen-bond acceptors (Lipinski definition) is 7. The molecule has 0 saturated heterocycles. The molecule has 1 aliphatic heterocycles. The van der Waals surface area contributed by atoms with E-state index in [1.165, 1.54) is 18.6 Å². The first kappa shape index (κ1) is 25.7. The number of hydrogen-bond donors (Lipinski definition) is 3. The van der Waals surface area contributed by atoms with Crippen LogP contribution in [-0.2, 0) is 11.3 Å². The predicted octanol–water partition coefficient (Wildman–Crippen LogP) is 1.45. The topological polar surface area (TPSA) is 141 Å². The van der Waals surface area contributed by atoms with Gasteiger partial charge in [0, 0.05) is 49.9 Å². The number of rotatable bonds is 9. The van der Waals surface area contributed by atoms with Crippen LogP contribution in [0, 0.1) is 5.92 Å². The van der Waals surface area contributed by atoms with Crippen LogP contribution < -0.4 is 30.9 Å². The molecule has 4 rings (SSSR count). The van der Waals surface area contributed by atoms with Crippen LogP contribution in [0.4, 0.5) is 0 Å². The zero-order valence-electron chi connectivity index (χ0n) is 20.9. The summed E-state index contributed by atoms with van der Waals surface area (Å²) in [6.07, 6.45) is 4.53. The quantitative estimate of drug-likeness (QED) is 0.372. The third kappa shape index (κ3) is 5.55. The van der Waals surface area contributed by atoms with Gasteiger partial charge >= 0.3 is 0 Å². The second kappa shape index (κ2) is 11.1. The molecule has 11 nitrogen and oxygen atoms in total. The van der Waals surface area contributed by atoms with Gasteiger partial charge in [-0.1, -0.05) is 13.8 Å². The third-order valence-electron chi connectivity index (χ3n) is 6.05. The van der Waals surface area contributed by atoms with E-state index in [1.807, 2.05) is 6.92 Å². The van der Waals surface area contributed by atoms with Gasteiger partial charge in [-0.25, -0.2) is 0 Å². The summed E-state index contributed by atoms with van der Waals surface area (Å²) in [4.78, 5) is 55.3. The van der Waals surface area contributed by atoms with Gasteiger partial charge in [-0.05, 0) is 31.0 Å². The van der Waals surface area contributed by atoms with Crippen LogP contribution in [0.25, 0.3) is 10.9 Å². The smallest absolute Gasteiger partial charge is 0.257 e. The molecule has 0 fully saturated rings. The number of nitrogens with one attached hydrogen (secondary N) is 3. The Bertz CT molecular complexity index is 1390. The second-order valence-electron chi connectivity index (χ2n) is 8.86. The zero-order valence-corrected chi connectivity index (χ0v) is 20.9. The highest BCUT2D eigenvalue weighted by Gasteiger charge is 2.27. The van der Waals surface area contributed by atoms with E-state index in [0.717, 1.165) is 0 Å². The van der Waals surface area contributed by atoms with Gasteiger partial charge in [-0.3, -0.25) is 24.2 Å². The first-order valence-electron chi connectivity index (χ1n) is 12.0. The van der Waals surface area contributed by atoms with E-state index >= 15 is 0 Å². The van der Waals surface area contributed by atoms with E-state index in [0.29, 0.717) is 34.5 Å². The van der Waals surface area contributed by atoms with Crippen LogP contribution in [0.5, 0.6) is 11.5 Å². The molecule has 3 aromatic rings. The number of fused-ring (bicyclic) bond motifs is 2. The normalized spacial score (nSPS) is 12.9. The van der Waals surface area contributed by atoms with Gasteiger partial charge in [0.15, 0.2) is 11.5 Å². The number of benzene rings is 1. The third-order valence-corrected chi connectivity index (χ3v) is 6.05. The molecule has 37 heavy (non-hydrogen) atoms. The highest BCUT2D eigenvalue weighted by molar-refractivity contribution is 6.00. The molecule has 0 radical (unpaired) electrons. The molecule has 1 aromatic carbocycles. The summed E-state index contributed by atoms with van der Waals surface area (Å²) in [5, 5.41) is 8.47. The lowest BCUT2D eigenvalue weighted by Crippen LogP contribution is -2.51. The minimum absolute atomic E-state index is 0.0674. The van der Waals surface area contributed by atoms with Crippen LogP contribution in [0.3, 0.4) is 0 Å². The Kier molecular flexibility index (Phi) is 7.71. The highest BCUT2D eigenvalue weighted by atomic mass is 16.7. The standard InChI is InChI=1S/C26H29N5O6/c1-4-31-13-18(23(32)17-11-20-21(12-19(17)31)37-14-36-20)25(34)30-22(15(2)3)26(35)29-10-9-28-24(33)16-5-7-27-8-6-16/h5-8,11-13,15,22H,4,9-10,14H2,1-3H3,(H,28,33)(H,29,35)(H,30,34). The van der Waals surface area contributed by atoms with Gasteiger partial charge in [-0.2, -0.15) is 0 Å². The Labute approximate surface area is 213 Å². The van der Waals surface area contributed by atoms with Crippen LogP contribution in [-0.4, -0.2) is 53.2 Å². The molecule has 1 unspecified atom stereocenters. The fourth-order valence-corrected chi connectivity index (χ4v) is 4.03. The first-order chi connectivity index (χ1) is 17.8. The zero-order chi connectivity index (χ0) is 26.5. The molecule has 0 aliphatic carbocycles. The summed E-state index contributed by atoms with van der Waals surface area (Å²) >= 11 is 0. The van der Waals surface area contributed by atoms with Crippen molar-refractivity contribution in [2.45, 2.75) is 33.4 Å². The number of carbonyl (C=O) groups excluding carboxylic acids is 3. The average Bonchev–Trinajstić information content (AvgIpc) is 3.36. The minimum Gasteiger partial charge on any atom is -0.454 e. The fourth-order valence-electron chi connectivity index (χ4n) is 4.03. The van der Waals surface area contributed by atoms with Gasteiger partial charge in [-0.15, -0.1) is 0 Å². The molecule has 3 N–H and O–H groups in total. The lowest BCUT2D eigenvalue weighted by molar-refractivity contribution is -0.123. The number of aromatic nitrogens is 2. The molecule has 3 amide bonds. The van der Waals surface area contributed by atoms with E-state index in [1.54, 1.807) is 42.7 Å². The van der Waals surface area contributed by atoms with E-state index in [2.05, 4.69) is 20.9 Å². The van der Waals surface area contributed by atoms with Crippen molar-refractivity contribution >= 4 is 28.6 Å². The van der Waals surface area contributed by atoms with E-state index in [-0.39, 0.29) is 37.3 Å². The fraction of sp³-hybridized carbons (Fsp3) is 0.346.